The first-order valence-electron chi connectivity index (χ1n) is 5.68. The lowest BCUT2D eigenvalue weighted by Gasteiger charge is -2.00. The molecular weight excluding hydrogens is 287 g/mol. The number of hydrogen-bond donors (Lipinski definition) is 0. The molecule has 0 aromatic carbocycles. The summed E-state index contributed by atoms with van der Waals surface area (Å²) in [6.07, 6.45) is -0.364. The summed E-state index contributed by atoms with van der Waals surface area (Å²) in [6.45, 7) is 0. The highest BCUT2D eigenvalue weighted by Crippen LogP contribution is 2.29. The van der Waals surface area contributed by atoms with Crippen molar-refractivity contribution in [1.29, 1.82) is 0 Å². The third kappa shape index (κ3) is 2.71. The third-order valence-corrected chi connectivity index (χ3v) is 2.53. The molecule has 9 heteroatoms. The summed E-state index contributed by atoms with van der Waals surface area (Å²) < 4.78 is 41.5. The second kappa shape index (κ2) is 4.93. The van der Waals surface area contributed by atoms with Crippen LogP contribution in [0.3, 0.4) is 0 Å². The van der Waals surface area contributed by atoms with E-state index in [2.05, 4.69) is 29.6 Å². The molecule has 0 unspecified atom stereocenters. The van der Waals surface area contributed by atoms with Gasteiger partial charge in [0, 0.05) is 18.0 Å². The number of nitrogens with zero attached hydrogens (tertiary/aromatic N) is 5. The normalized spacial score (nSPS) is 11.6. The molecule has 106 valence electrons. The smallest absolute Gasteiger partial charge is 0.329 e. The largest absolute Gasteiger partial charge is 0.471 e. The van der Waals surface area contributed by atoms with Gasteiger partial charge in [-0.1, -0.05) is 5.16 Å². The van der Waals surface area contributed by atoms with Crippen molar-refractivity contribution in [3.8, 4) is 22.8 Å². The molecular formula is C12H6F3N5O. The molecule has 0 spiro atoms. The second-order valence-electron chi connectivity index (χ2n) is 3.95. The topological polar surface area (TPSA) is 77.6 Å². The summed E-state index contributed by atoms with van der Waals surface area (Å²) in [7, 11) is 0. The van der Waals surface area contributed by atoms with Crippen molar-refractivity contribution in [3.63, 3.8) is 0 Å². The van der Waals surface area contributed by atoms with Crippen molar-refractivity contribution in [2.75, 3.05) is 0 Å². The van der Waals surface area contributed by atoms with Gasteiger partial charge < -0.3 is 4.52 Å². The van der Waals surface area contributed by atoms with Gasteiger partial charge in [-0.15, -0.1) is 0 Å². The zero-order valence-electron chi connectivity index (χ0n) is 10.2. The minimum absolute atomic E-state index is 0.167. The van der Waals surface area contributed by atoms with Crippen LogP contribution in [0.5, 0.6) is 0 Å². The second-order valence-corrected chi connectivity index (χ2v) is 3.95. The van der Waals surface area contributed by atoms with E-state index in [0.29, 0.717) is 17.0 Å². The highest BCUT2D eigenvalue weighted by atomic mass is 19.4. The Morgan fingerprint density at radius 3 is 2.52 bits per heavy atom. The number of pyridine rings is 1. The predicted octanol–water partition coefficient (Wildman–Crippen LogP) is 2.61. The van der Waals surface area contributed by atoms with Crippen LogP contribution in [0.1, 0.15) is 5.89 Å². The average Bonchev–Trinajstić information content (AvgIpc) is 2.98. The molecule has 0 radical (unpaired) electrons. The fraction of sp³-hybridized carbons (Fsp3) is 0.0833. The summed E-state index contributed by atoms with van der Waals surface area (Å²) in [5, 5.41) is 3.32. The van der Waals surface area contributed by atoms with Crippen LogP contribution in [0.25, 0.3) is 22.8 Å². The Morgan fingerprint density at radius 1 is 1.00 bits per heavy atom. The van der Waals surface area contributed by atoms with E-state index >= 15 is 0 Å². The van der Waals surface area contributed by atoms with E-state index in [1.54, 1.807) is 6.07 Å². The fourth-order valence-electron chi connectivity index (χ4n) is 1.61. The molecule has 0 N–H and O–H groups in total. The van der Waals surface area contributed by atoms with Gasteiger partial charge in [-0.2, -0.15) is 18.2 Å². The van der Waals surface area contributed by atoms with Gasteiger partial charge in [0.05, 0.1) is 11.4 Å². The zero-order valence-corrected chi connectivity index (χ0v) is 10.2. The Morgan fingerprint density at radius 2 is 1.86 bits per heavy atom. The molecule has 3 aromatic heterocycles. The van der Waals surface area contributed by atoms with Gasteiger partial charge in [0.25, 0.3) is 0 Å². The van der Waals surface area contributed by atoms with E-state index in [9.17, 15) is 13.2 Å². The van der Waals surface area contributed by atoms with Gasteiger partial charge >= 0.3 is 12.1 Å². The number of alkyl halides is 3. The molecule has 6 nitrogen and oxygen atoms in total. The molecule has 0 atom stereocenters. The monoisotopic (exact) mass is 293 g/mol. The van der Waals surface area contributed by atoms with Crippen LogP contribution < -0.4 is 0 Å². The summed E-state index contributed by atoms with van der Waals surface area (Å²) in [5.74, 6) is -1.56. The summed E-state index contributed by atoms with van der Waals surface area (Å²) in [5.41, 5.74) is 1.34. The fourth-order valence-corrected chi connectivity index (χ4v) is 1.61. The van der Waals surface area contributed by atoms with E-state index in [1.165, 1.54) is 30.9 Å². The van der Waals surface area contributed by atoms with Crippen LogP contribution >= 0.6 is 0 Å². The molecule has 21 heavy (non-hydrogen) atoms. The molecule has 3 rings (SSSR count). The first-order chi connectivity index (χ1) is 10.0. The maximum Gasteiger partial charge on any atom is 0.471 e. The Hall–Kier alpha value is -2.84. The molecule has 3 heterocycles. The number of halogens is 3. The lowest BCUT2D eigenvalue weighted by atomic mass is 10.2. The van der Waals surface area contributed by atoms with Crippen LogP contribution in [-0.2, 0) is 6.18 Å². The van der Waals surface area contributed by atoms with Gasteiger partial charge in [0.15, 0.2) is 0 Å². The number of rotatable bonds is 2. The molecule has 0 fully saturated rings. The van der Waals surface area contributed by atoms with Crippen LogP contribution in [-0.4, -0.2) is 25.1 Å². The molecule has 0 bridgehead atoms. The lowest BCUT2D eigenvalue weighted by Crippen LogP contribution is -2.04. The summed E-state index contributed by atoms with van der Waals surface area (Å²) in [6, 6.07) is 4.63. The maximum atomic E-state index is 12.4. The Labute approximate surface area is 115 Å². The molecule has 0 aliphatic heterocycles. The molecule has 0 saturated carbocycles. The highest BCUT2D eigenvalue weighted by molar-refractivity contribution is 5.63. The quantitative estimate of drug-likeness (QED) is 0.722. The van der Waals surface area contributed by atoms with Crippen molar-refractivity contribution < 1.29 is 17.7 Å². The van der Waals surface area contributed by atoms with E-state index < -0.39 is 12.1 Å². The van der Waals surface area contributed by atoms with E-state index in [4.69, 9.17) is 0 Å². The predicted molar refractivity (Wildman–Crippen MR) is 63.6 cm³/mol. The van der Waals surface area contributed by atoms with Crippen LogP contribution in [0, 0.1) is 0 Å². The lowest BCUT2D eigenvalue weighted by molar-refractivity contribution is -0.159. The van der Waals surface area contributed by atoms with Crippen molar-refractivity contribution in [2.45, 2.75) is 6.18 Å². The molecule has 3 aromatic rings. The first kappa shape index (κ1) is 13.2. The van der Waals surface area contributed by atoms with Crippen molar-refractivity contribution in [3.05, 3.63) is 42.8 Å². The van der Waals surface area contributed by atoms with Gasteiger partial charge in [-0.05, 0) is 18.2 Å². The Kier molecular flexibility index (Phi) is 3.09. The molecule has 0 aliphatic rings. The van der Waals surface area contributed by atoms with Crippen molar-refractivity contribution in [1.82, 2.24) is 25.1 Å². The molecule has 0 saturated heterocycles. The third-order valence-electron chi connectivity index (χ3n) is 2.53. The summed E-state index contributed by atoms with van der Waals surface area (Å²) >= 11 is 0. The summed E-state index contributed by atoms with van der Waals surface area (Å²) in [4.78, 5) is 15.2. The van der Waals surface area contributed by atoms with E-state index in [1.807, 2.05) is 0 Å². The van der Waals surface area contributed by atoms with Gasteiger partial charge in [0.1, 0.15) is 6.33 Å². The van der Waals surface area contributed by atoms with E-state index in [0.717, 1.165) is 0 Å². The average molecular weight is 293 g/mol. The first-order valence-corrected chi connectivity index (χ1v) is 5.68. The maximum absolute atomic E-state index is 12.4. The van der Waals surface area contributed by atoms with Crippen LogP contribution in [0.4, 0.5) is 13.2 Å². The minimum Gasteiger partial charge on any atom is -0.329 e. The number of hydrogen-bond acceptors (Lipinski definition) is 6. The SMILES string of the molecule is FC(F)(F)c1nc(-c2ccnc(-c3ccncn3)c2)no1. The Balaban J connectivity index is 1.99. The van der Waals surface area contributed by atoms with Crippen molar-refractivity contribution in [2.24, 2.45) is 0 Å². The van der Waals surface area contributed by atoms with E-state index in [-0.39, 0.29) is 5.82 Å². The molecule has 0 amide bonds. The molecule has 0 aliphatic carbocycles. The van der Waals surface area contributed by atoms with Gasteiger partial charge in [-0.25, -0.2) is 9.97 Å². The zero-order chi connectivity index (χ0) is 14.9. The van der Waals surface area contributed by atoms with Crippen molar-refractivity contribution >= 4 is 0 Å². The minimum atomic E-state index is -4.67. The standard InChI is InChI=1S/C12H6F3N5O/c13-12(14,15)11-19-10(20-21-11)7-1-4-17-9(5-7)8-2-3-16-6-18-8/h1-6H. The van der Waals surface area contributed by atoms with Gasteiger partial charge in [0.2, 0.25) is 5.82 Å². The van der Waals surface area contributed by atoms with Gasteiger partial charge in [-0.3, -0.25) is 4.98 Å². The Bertz CT molecular complexity index is 757. The highest BCUT2D eigenvalue weighted by Gasteiger charge is 2.38. The van der Waals surface area contributed by atoms with Crippen LogP contribution in [0.15, 0.2) is 41.4 Å². The van der Waals surface area contributed by atoms with Crippen LogP contribution in [0.2, 0.25) is 0 Å². The number of aromatic nitrogens is 5.